The molecular weight excluding hydrogens is 824 g/mol. The third kappa shape index (κ3) is 28.3. The summed E-state index contributed by atoms with van der Waals surface area (Å²) in [5, 5.41) is 16.2. The fourth-order valence-corrected chi connectivity index (χ4v) is 4.12. The molecule has 0 aliphatic heterocycles. The van der Waals surface area contributed by atoms with Gasteiger partial charge >= 0.3 is 12.2 Å². The summed E-state index contributed by atoms with van der Waals surface area (Å²) in [6.07, 6.45) is 3.12. The van der Waals surface area contributed by atoms with Crippen LogP contribution >= 0.6 is 11.6 Å². The number of alkyl halides is 1. The van der Waals surface area contributed by atoms with Gasteiger partial charge in [0.15, 0.2) is 18.2 Å². The lowest BCUT2D eigenvalue weighted by molar-refractivity contribution is -0.142. The standard InChI is InChI=1S/C19H31N3O7.C16H29ClN2O5.C3H3NO2.2CH4/c1-18(2,3)29-17(25)20-10-7-8-13(21-16(24)19(4,5)26-6)14(23)12-27-15-9-11-28-22-15;1-15(2,3)24-14(22)18-9-7-8-11(12(20)10-17)19-13(21)16(4,5)23-6;5-3-1-2-6-4-3;;/h9,11,13H,7-8,10,12H2,1-6H3,(H,20,25)(H,21,24);11H,7-10H2,1-6H3,(H,18,22)(H,19,21);1-2H,(H,4,5);2*1H4/t13-;11-;;;/m00.../s1. The quantitative estimate of drug-likeness (QED) is 0.0856. The molecule has 0 spiro atoms. The molecule has 21 heteroatoms. The van der Waals surface area contributed by atoms with Crippen LogP contribution in [0, 0.1) is 0 Å². The molecule has 2 rings (SSSR count). The first-order valence-electron chi connectivity index (χ1n) is 18.7. The van der Waals surface area contributed by atoms with Crippen molar-refractivity contribution >= 4 is 47.2 Å². The molecule has 0 saturated heterocycles. The van der Waals surface area contributed by atoms with Gasteiger partial charge in [-0.2, -0.15) is 5.16 Å². The fraction of sp³-hybridized carbons (Fsp3) is 0.700. The van der Waals surface area contributed by atoms with Crippen molar-refractivity contribution in [1.82, 2.24) is 31.6 Å². The van der Waals surface area contributed by atoms with E-state index in [-0.39, 0.29) is 56.9 Å². The largest absolute Gasteiger partial charge is 0.467 e. The first-order chi connectivity index (χ1) is 27.3. The average Bonchev–Trinajstić information content (AvgIpc) is 3.85. The molecular formula is C40H71ClN6O14. The van der Waals surface area contributed by atoms with Crippen molar-refractivity contribution in [2.45, 2.75) is 144 Å². The van der Waals surface area contributed by atoms with Crippen LogP contribution in [0.25, 0.3) is 0 Å². The number of ketones is 2. The van der Waals surface area contributed by atoms with Gasteiger partial charge in [-0.25, -0.2) is 9.59 Å². The summed E-state index contributed by atoms with van der Waals surface area (Å²) in [7, 11) is 2.83. The van der Waals surface area contributed by atoms with Gasteiger partial charge < -0.3 is 54.0 Å². The molecule has 0 fully saturated rings. The molecule has 20 nitrogen and oxygen atoms in total. The number of methoxy groups -OCH3 is 2. The monoisotopic (exact) mass is 894 g/mol. The Kier molecular flexibility index (Phi) is 29.0. The third-order valence-electron chi connectivity index (χ3n) is 7.53. The Hall–Kier alpha value is -4.95. The summed E-state index contributed by atoms with van der Waals surface area (Å²) in [6.45, 7) is 17.3. The number of nitrogens with one attached hydrogen (secondary N) is 5. The van der Waals surface area contributed by atoms with Gasteiger partial charge in [-0.1, -0.05) is 14.9 Å². The van der Waals surface area contributed by atoms with Crippen molar-refractivity contribution < 1.29 is 61.5 Å². The van der Waals surface area contributed by atoms with E-state index < -0.39 is 58.5 Å². The molecule has 0 bridgehead atoms. The maximum atomic E-state index is 12.6. The van der Waals surface area contributed by atoms with E-state index in [2.05, 4.69) is 40.6 Å². The summed E-state index contributed by atoms with van der Waals surface area (Å²) >= 11 is 5.59. The molecule has 2 heterocycles. The number of carbonyl (C=O) groups is 6. The van der Waals surface area contributed by atoms with E-state index >= 15 is 0 Å². The number of hydrogen-bond acceptors (Lipinski definition) is 15. The number of ether oxygens (including phenoxy) is 5. The first kappa shape index (κ1) is 60.4. The van der Waals surface area contributed by atoms with Crippen LogP contribution in [0.2, 0.25) is 0 Å². The van der Waals surface area contributed by atoms with E-state index in [1.165, 1.54) is 38.9 Å². The number of rotatable bonds is 20. The highest BCUT2D eigenvalue weighted by atomic mass is 35.5. The number of hydrogen-bond donors (Lipinski definition) is 5. The van der Waals surface area contributed by atoms with Crippen molar-refractivity contribution in [2.24, 2.45) is 0 Å². The smallest absolute Gasteiger partial charge is 0.407 e. The van der Waals surface area contributed by atoms with Crippen LogP contribution < -0.4 is 31.6 Å². The lowest BCUT2D eigenvalue weighted by Gasteiger charge is -2.25. The fourth-order valence-electron chi connectivity index (χ4n) is 3.94. The first-order valence-corrected chi connectivity index (χ1v) is 19.2. The summed E-state index contributed by atoms with van der Waals surface area (Å²) in [4.78, 5) is 82.1. The molecule has 0 aliphatic rings. The third-order valence-corrected chi connectivity index (χ3v) is 7.80. The number of amides is 4. The van der Waals surface area contributed by atoms with Gasteiger partial charge in [-0.15, -0.1) is 11.6 Å². The molecule has 0 unspecified atom stereocenters. The zero-order valence-electron chi connectivity index (χ0n) is 36.2. The van der Waals surface area contributed by atoms with Gasteiger partial charge in [0.05, 0.1) is 18.0 Å². The second-order valence-electron chi connectivity index (χ2n) is 15.7. The molecule has 0 saturated carbocycles. The summed E-state index contributed by atoms with van der Waals surface area (Å²) < 4.78 is 34.7. The lowest BCUT2D eigenvalue weighted by atomic mass is 10.0. The molecule has 352 valence electrons. The van der Waals surface area contributed by atoms with Gasteiger partial charge in [0.2, 0.25) is 0 Å². The topological polar surface area (TPSA) is 269 Å². The van der Waals surface area contributed by atoms with E-state index in [0.29, 0.717) is 32.2 Å². The highest BCUT2D eigenvalue weighted by Gasteiger charge is 2.32. The van der Waals surface area contributed by atoms with E-state index in [1.807, 2.05) is 0 Å². The van der Waals surface area contributed by atoms with Crippen molar-refractivity contribution in [3.05, 3.63) is 35.0 Å². The Balaban J connectivity index is -0.000000949. The van der Waals surface area contributed by atoms with Crippen LogP contribution in [0.1, 0.15) is 110 Å². The Bertz CT molecular complexity index is 1610. The second-order valence-corrected chi connectivity index (χ2v) is 16.0. The van der Waals surface area contributed by atoms with Crippen molar-refractivity contribution in [3.63, 3.8) is 0 Å². The highest BCUT2D eigenvalue weighted by Crippen LogP contribution is 2.13. The maximum absolute atomic E-state index is 12.6. The number of Topliss-reactive ketones (excluding diaryl/α,β-unsaturated/α-hetero) is 2. The maximum Gasteiger partial charge on any atom is 0.407 e. The molecule has 2 aromatic rings. The number of aromatic amines is 1. The minimum atomic E-state index is -1.10. The number of carbonyl (C=O) groups excluding carboxylic acids is 6. The lowest BCUT2D eigenvalue weighted by Crippen LogP contribution is -2.51. The predicted octanol–water partition coefficient (Wildman–Crippen LogP) is 5.09. The SMILES string of the molecule is C.C.COC(C)(C)C(=O)N[C@@H](CCCNC(=O)OC(C)(C)C)C(=O)CCl.COC(C)(C)C(=O)N[C@@H](CCCNC(=O)OC(C)(C)C)C(=O)COc1ccon1.O=c1cco[nH]1. The van der Waals surface area contributed by atoms with Crippen LogP contribution in [-0.2, 0) is 38.1 Å². The van der Waals surface area contributed by atoms with Gasteiger partial charge in [0, 0.05) is 39.4 Å². The van der Waals surface area contributed by atoms with Crippen LogP contribution in [0.3, 0.4) is 0 Å². The molecule has 4 amide bonds. The average molecular weight is 895 g/mol. The van der Waals surface area contributed by atoms with E-state index in [0.717, 1.165) is 0 Å². The molecule has 2 aromatic heterocycles. The number of H-pyrrole nitrogens is 1. The van der Waals surface area contributed by atoms with E-state index in [1.54, 1.807) is 69.2 Å². The Morgan fingerprint density at radius 2 is 1.16 bits per heavy atom. The zero-order chi connectivity index (χ0) is 45.5. The van der Waals surface area contributed by atoms with Crippen molar-refractivity contribution in [3.8, 4) is 5.88 Å². The molecule has 0 aliphatic carbocycles. The van der Waals surface area contributed by atoms with Gasteiger partial charge in [-0.05, 0) is 100 Å². The van der Waals surface area contributed by atoms with Gasteiger partial charge in [0.1, 0.15) is 34.9 Å². The summed E-state index contributed by atoms with van der Waals surface area (Å²) in [6, 6.07) is 1.24. The van der Waals surface area contributed by atoms with E-state index in [9.17, 15) is 33.6 Å². The summed E-state index contributed by atoms with van der Waals surface area (Å²) in [5.74, 6) is -1.47. The molecule has 61 heavy (non-hydrogen) atoms. The van der Waals surface area contributed by atoms with Crippen LogP contribution in [-0.4, -0.2) is 120 Å². The second kappa shape index (κ2) is 29.3. The zero-order valence-corrected chi connectivity index (χ0v) is 36.9. The Labute approximate surface area is 364 Å². The minimum Gasteiger partial charge on any atom is -0.467 e. The summed E-state index contributed by atoms with van der Waals surface area (Å²) in [5.41, 5.74) is -3.50. The number of alkyl carbamates (subject to hydrolysis) is 2. The molecule has 0 radical (unpaired) electrons. The molecule has 2 atom stereocenters. The number of aromatic nitrogens is 2. The molecule has 0 aromatic carbocycles. The van der Waals surface area contributed by atoms with Crippen LogP contribution in [0.5, 0.6) is 5.88 Å². The Morgan fingerprint density at radius 3 is 1.48 bits per heavy atom. The van der Waals surface area contributed by atoms with Crippen LogP contribution in [0.15, 0.2) is 38.5 Å². The number of halogens is 1. The Morgan fingerprint density at radius 1 is 0.721 bits per heavy atom. The van der Waals surface area contributed by atoms with E-state index in [4.69, 9.17) is 35.3 Å². The van der Waals surface area contributed by atoms with Crippen molar-refractivity contribution in [1.29, 1.82) is 0 Å². The predicted molar refractivity (Wildman–Crippen MR) is 229 cm³/mol. The normalized spacial score (nSPS) is 12.1. The highest BCUT2D eigenvalue weighted by molar-refractivity contribution is 6.28. The van der Waals surface area contributed by atoms with Crippen LogP contribution in [0.4, 0.5) is 9.59 Å². The molecule has 5 N–H and O–H groups in total. The van der Waals surface area contributed by atoms with Gasteiger partial charge in [0.25, 0.3) is 23.3 Å². The van der Waals surface area contributed by atoms with Crippen molar-refractivity contribution in [2.75, 3.05) is 39.8 Å². The number of nitrogens with zero attached hydrogens (tertiary/aromatic N) is 1. The minimum absolute atomic E-state index is 0. The van der Waals surface area contributed by atoms with Gasteiger partial charge in [-0.3, -0.25) is 24.0 Å².